The number of carbonyl (C=O) groups is 1. The number of amides is 1. The Kier molecular flexibility index (Phi) is 3.38. The molecule has 0 N–H and O–H groups in total. The Morgan fingerprint density at radius 1 is 1.30 bits per heavy atom. The van der Waals surface area contributed by atoms with Crippen LogP contribution in [0.1, 0.15) is 38.2 Å². The largest absolute Gasteiger partial charge is 0.271 e. The number of aromatic nitrogens is 1. The molecule has 1 amide bonds. The first kappa shape index (κ1) is 15.2. The summed E-state index contributed by atoms with van der Waals surface area (Å²) in [4.78, 5) is 20.6. The Hall–Kier alpha value is -1.30. The van der Waals surface area contributed by atoms with Crippen LogP contribution >= 0.6 is 11.8 Å². The highest BCUT2D eigenvalue weighted by molar-refractivity contribution is 8.15. The van der Waals surface area contributed by atoms with Gasteiger partial charge in [0.05, 0.1) is 5.04 Å². The summed E-state index contributed by atoms with van der Waals surface area (Å²) in [5.41, 5.74) is 0.890. The average molecular weight is 336 g/mol. The van der Waals surface area contributed by atoms with Crippen molar-refractivity contribution >= 4 is 22.7 Å². The standard InChI is InChI=1S/C17H18F2N2OS/c1-16(12-2-4-20-5-3-12)15(22)21-14(23-16)8-10-6-13-7-11(10)9-17(13,18)19/h2-5,10-11,13H,6-9H2,1H3/t10-,11-,13+,16?/m1/s1. The molecule has 23 heavy (non-hydrogen) atoms. The van der Waals surface area contributed by atoms with Crippen molar-refractivity contribution in [2.75, 3.05) is 0 Å². The summed E-state index contributed by atoms with van der Waals surface area (Å²) in [6.07, 6.45) is 5.21. The molecule has 4 atom stereocenters. The van der Waals surface area contributed by atoms with Crippen LogP contribution in [-0.2, 0) is 9.54 Å². The van der Waals surface area contributed by atoms with Gasteiger partial charge in [-0.25, -0.2) is 13.8 Å². The van der Waals surface area contributed by atoms with E-state index in [1.807, 2.05) is 19.1 Å². The smallest absolute Gasteiger partial charge is 0.267 e. The molecule has 1 unspecified atom stereocenters. The number of rotatable bonds is 3. The molecule has 2 fully saturated rings. The van der Waals surface area contributed by atoms with E-state index >= 15 is 0 Å². The Morgan fingerprint density at radius 2 is 2.04 bits per heavy atom. The fraction of sp³-hybridized carbons (Fsp3) is 0.588. The fourth-order valence-electron chi connectivity index (χ4n) is 4.26. The van der Waals surface area contributed by atoms with Gasteiger partial charge in [0.1, 0.15) is 4.75 Å². The molecule has 1 aromatic heterocycles. The lowest BCUT2D eigenvalue weighted by atomic mass is 9.85. The van der Waals surface area contributed by atoms with E-state index in [2.05, 4.69) is 9.98 Å². The highest BCUT2D eigenvalue weighted by Crippen LogP contribution is 2.58. The van der Waals surface area contributed by atoms with Crippen molar-refractivity contribution in [1.82, 2.24) is 4.98 Å². The topological polar surface area (TPSA) is 42.3 Å². The van der Waals surface area contributed by atoms with Crippen molar-refractivity contribution < 1.29 is 13.6 Å². The van der Waals surface area contributed by atoms with Gasteiger partial charge in [-0.3, -0.25) is 9.78 Å². The molecule has 2 heterocycles. The van der Waals surface area contributed by atoms with E-state index in [0.29, 0.717) is 19.3 Å². The molecule has 1 aromatic rings. The molecule has 2 aliphatic carbocycles. The molecule has 122 valence electrons. The SMILES string of the molecule is CC1(c2ccncc2)SC(C[C@H]2C[C@H]3C[C@@H]2CC3(F)F)=NC1=O. The van der Waals surface area contributed by atoms with Crippen molar-refractivity contribution in [2.45, 2.75) is 43.3 Å². The minimum Gasteiger partial charge on any atom is -0.271 e. The maximum absolute atomic E-state index is 13.6. The quantitative estimate of drug-likeness (QED) is 0.836. The number of aliphatic imine (C=N–C) groups is 1. The number of carbonyl (C=O) groups excluding carboxylic acids is 1. The van der Waals surface area contributed by atoms with E-state index in [9.17, 15) is 13.6 Å². The Bertz CT molecular complexity index is 678. The van der Waals surface area contributed by atoms with Crippen LogP contribution in [0.25, 0.3) is 0 Å². The molecular weight excluding hydrogens is 318 g/mol. The van der Waals surface area contributed by atoms with Gasteiger partial charge in [0.25, 0.3) is 11.8 Å². The predicted molar refractivity (Wildman–Crippen MR) is 85.5 cm³/mol. The van der Waals surface area contributed by atoms with E-state index < -0.39 is 16.6 Å². The minimum atomic E-state index is -2.48. The lowest BCUT2D eigenvalue weighted by molar-refractivity contribution is -0.119. The van der Waals surface area contributed by atoms with Gasteiger partial charge in [-0.1, -0.05) is 11.8 Å². The lowest BCUT2D eigenvalue weighted by Crippen LogP contribution is -2.28. The maximum Gasteiger partial charge on any atom is 0.267 e. The first-order valence-corrected chi connectivity index (χ1v) is 8.79. The third-order valence-electron chi connectivity index (χ3n) is 5.60. The van der Waals surface area contributed by atoms with Gasteiger partial charge in [0.2, 0.25) is 0 Å². The molecule has 2 saturated carbocycles. The van der Waals surface area contributed by atoms with Crippen LogP contribution in [0.15, 0.2) is 29.5 Å². The van der Waals surface area contributed by atoms with Gasteiger partial charge in [-0.2, -0.15) is 0 Å². The van der Waals surface area contributed by atoms with Crippen molar-refractivity contribution in [3.63, 3.8) is 0 Å². The molecule has 4 rings (SSSR count). The van der Waals surface area contributed by atoms with Gasteiger partial charge < -0.3 is 0 Å². The van der Waals surface area contributed by atoms with Gasteiger partial charge in [0, 0.05) is 24.7 Å². The molecule has 0 aromatic carbocycles. The second kappa shape index (κ2) is 5.10. The number of nitrogens with zero attached hydrogens (tertiary/aromatic N) is 2. The van der Waals surface area contributed by atoms with Crippen molar-refractivity contribution in [3.05, 3.63) is 30.1 Å². The summed E-state index contributed by atoms with van der Waals surface area (Å²) in [7, 11) is 0. The first-order valence-electron chi connectivity index (χ1n) is 7.98. The van der Waals surface area contributed by atoms with Crippen LogP contribution in [0, 0.1) is 17.8 Å². The van der Waals surface area contributed by atoms with Crippen LogP contribution in [0.4, 0.5) is 8.78 Å². The summed E-state index contributed by atoms with van der Waals surface area (Å²) in [5, 5.41) is 0.801. The van der Waals surface area contributed by atoms with E-state index in [0.717, 1.165) is 10.6 Å². The predicted octanol–water partition coefficient (Wildman–Crippen LogP) is 4.04. The number of hydrogen-bond acceptors (Lipinski definition) is 3. The zero-order chi connectivity index (χ0) is 16.2. The van der Waals surface area contributed by atoms with Crippen molar-refractivity contribution in [1.29, 1.82) is 0 Å². The number of pyridine rings is 1. The van der Waals surface area contributed by atoms with Gasteiger partial charge in [-0.15, -0.1) is 0 Å². The van der Waals surface area contributed by atoms with Crippen LogP contribution in [0.3, 0.4) is 0 Å². The second-order valence-corrected chi connectivity index (χ2v) is 8.53. The number of halogens is 2. The summed E-state index contributed by atoms with van der Waals surface area (Å²) >= 11 is 1.47. The fourth-order valence-corrected chi connectivity index (χ4v) is 5.54. The zero-order valence-corrected chi connectivity index (χ0v) is 13.7. The highest BCUT2D eigenvalue weighted by Gasteiger charge is 2.57. The Morgan fingerprint density at radius 3 is 2.65 bits per heavy atom. The van der Waals surface area contributed by atoms with E-state index in [1.54, 1.807) is 12.4 Å². The number of thioether (sulfide) groups is 1. The van der Waals surface area contributed by atoms with Gasteiger partial charge in [-0.05, 0) is 55.7 Å². The third-order valence-corrected chi connectivity index (χ3v) is 6.91. The summed E-state index contributed by atoms with van der Waals surface area (Å²) in [6, 6.07) is 3.67. The number of hydrogen-bond donors (Lipinski definition) is 0. The maximum atomic E-state index is 13.6. The number of alkyl halides is 2. The Balaban J connectivity index is 1.47. The zero-order valence-electron chi connectivity index (χ0n) is 12.8. The second-order valence-electron chi connectivity index (χ2n) is 7.04. The van der Waals surface area contributed by atoms with E-state index in [-0.39, 0.29) is 24.2 Å². The molecule has 0 saturated heterocycles. The van der Waals surface area contributed by atoms with Gasteiger partial charge >= 0.3 is 0 Å². The highest BCUT2D eigenvalue weighted by atomic mass is 32.2. The summed E-state index contributed by atoms with van der Waals surface area (Å²) in [6.45, 7) is 1.88. The van der Waals surface area contributed by atoms with E-state index in [4.69, 9.17) is 0 Å². The molecule has 0 radical (unpaired) electrons. The lowest BCUT2D eigenvalue weighted by Gasteiger charge is -2.28. The average Bonchev–Trinajstić information content (AvgIpc) is 3.12. The molecule has 3 aliphatic rings. The van der Waals surface area contributed by atoms with Crippen LogP contribution in [0.5, 0.6) is 0 Å². The van der Waals surface area contributed by atoms with Crippen LogP contribution in [-0.4, -0.2) is 21.9 Å². The van der Waals surface area contributed by atoms with E-state index in [1.165, 1.54) is 11.8 Å². The van der Waals surface area contributed by atoms with Gasteiger partial charge in [0.15, 0.2) is 0 Å². The van der Waals surface area contributed by atoms with Crippen LogP contribution in [0.2, 0.25) is 0 Å². The monoisotopic (exact) mass is 336 g/mol. The molecular formula is C17H18F2N2OS. The molecule has 3 nitrogen and oxygen atoms in total. The molecule has 1 aliphatic heterocycles. The van der Waals surface area contributed by atoms with Crippen molar-refractivity contribution in [3.8, 4) is 0 Å². The minimum absolute atomic E-state index is 0.00977. The molecule has 6 heteroatoms. The first-order chi connectivity index (χ1) is 10.9. The van der Waals surface area contributed by atoms with Crippen LogP contribution < -0.4 is 0 Å². The molecule has 2 bridgehead atoms. The van der Waals surface area contributed by atoms with Crippen molar-refractivity contribution in [2.24, 2.45) is 22.7 Å². The number of fused-ring (bicyclic) bond motifs is 2. The normalized spacial score (nSPS) is 38.1. The Labute approximate surface area is 138 Å². The third kappa shape index (κ3) is 2.42. The molecule has 0 spiro atoms. The summed E-state index contributed by atoms with van der Waals surface area (Å²) < 4.78 is 26.6. The summed E-state index contributed by atoms with van der Waals surface area (Å²) in [5.74, 6) is -2.77.